The van der Waals surface area contributed by atoms with Crippen LogP contribution in [0.25, 0.3) is 11.1 Å². The average molecular weight is 752 g/mol. The number of nitrogens with zero attached hydrogens (tertiary/aromatic N) is 3. The highest BCUT2D eigenvalue weighted by atomic mass is 35.5. The van der Waals surface area contributed by atoms with Gasteiger partial charge in [-0.2, -0.15) is 0 Å². The number of hydrogen-bond donors (Lipinski definition) is 5. The average Bonchev–Trinajstić information content (AvgIpc) is 4.11. The lowest BCUT2D eigenvalue weighted by Crippen LogP contribution is -2.52. The molecule has 12 heteroatoms. The van der Waals surface area contributed by atoms with Gasteiger partial charge in [0, 0.05) is 50.0 Å². The maximum Gasteiger partial charge on any atom is 0.241 e. The summed E-state index contributed by atoms with van der Waals surface area (Å²) in [7, 11) is 3.09. The first-order valence-electron chi connectivity index (χ1n) is 18.6. The van der Waals surface area contributed by atoms with Gasteiger partial charge in [0.25, 0.3) is 0 Å². The van der Waals surface area contributed by atoms with E-state index < -0.39 is 37.6 Å². The fraction of sp³-hybridized carbons (Fsp3) is 0.537. The molecule has 53 heavy (non-hydrogen) atoms. The summed E-state index contributed by atoms with van der Waals surface area (Å²) >= 11 is 6.76. The molecule has 2 fully saturated rings. The van der Waals surface area contributed by atoms with Crippen LogP contribution in [0, 0.1) is 0 Å². The zero-order chi connectivity index (χ0) is 38.3. The topological polar surface area (TPSA) is 164 Å². The van der Waals surface area contributed by atoms with Crippen LogP contribution < -0.4 is 4.74 Å². The predicted octanol–water partition coefficient (Wildman–Crippen LogP) is 4.23. The Bertz CT molecular complexity index is 1700. The van der Waals surface area contributed by atoms with Gasteiger partial charge >= 0.3 is 0 Å². The minimum atomic E-state index is -1.84. The summed E-state index contributed by atoms with van der Waals surface area (Å²) in [6.07, 6.45) is 4.54. The molecule has 0 aliphatic heterocycles. The highest BCUT2D eigenvalue weighted by Gasteiger charge is 2.45. The molecule has 2 aliphatic rings. The van der Waals surface area contributed by atoms with Crippen molar-refractivity contribution in [3.8, 4) is 16.9 Å². The molecule has 288 valence electrons. The minimum absolute atomic E-state index is 0.0157. The summed E-state index contributed by atoms with van der Waals surface area (Å²) in [6, 6.07) is 16.5. The number of benzene rings is 2. The van der Waals surface area contributed by atoms with Crippen molar-refractivity contribution < 1.29 is 39.9 Å². The second-order valence-corrected chi connectivity index (χ2v) is 15.4. The minimum Gasteiger partial charge on any atom is -0.490 e. The number of amides is 2. The van der Waals surface area contributed by atoms with E-state index in [1.807, 2.05) is 30.6 Å². The molecule has 5 rings (SSSR count). The van der Waals surface area contributed by atoms with E-state index in [0.717, 1.165) is 70.9 Å². The van der Waals surface area contributed by atoms with E-state index in [2.05, 4.69) is 42.2 Å². The fourth-order valence-electron chi connectivity index (χ4n) is 6.82. The van der Waals surface area contributed by atoms with Crippen molar-refractivity contribution in [1.29, 1.82) is 0 Å². The Morgan fingerprint density at radius 2 is 1.70 bits per heavy atom. The molecule has 2 aliphatic carbocycles. The number of para-hydroxylation sites is 1. The molecule has 2 saturated carbocycles. The van der Waals surface area contributed by atoms with Gasteiger partial charge in [-0.15, -0.1) is 0 Å². The van der Waals surface area contributed by atoms with Crippen molar-refractivity contribution in [1.82, 2.24) is 14.8 Å². The maximum atomic E-state index is 13.3. The Hall–Kier alpha value is -3.58. The van der Waals surface area contributed by atoms with Gasteiger partial charge in [0.15, 0.2) is 0 Å². The number of pyridine rings is 1. The number of aromatic nitrogens is 1. The lowest BCUT2D eigenvalue weighted by Gasteiger charge is -2.31. The highest BCUT2D eigenvalue weighted by Crippen LogP contribution is 2.55. The molecule has 0 spiro atoms. The third-order valence-electron chi connectivity index (χ3n) is 10.7. The Balaban J connectivity index is 1.20. The van der Waals surface area contributed by atoms with Crippen LogP contribution in [0.5, 0.6) is 5.75 Å². The van der Waals surface area contributed by atoms with Crippen LogP contribution >= 0.6 is 11.6 Å². The molecule has 1 aromatic heterocycles. The number of carbonyl (C=O) groups is 2. The SMILES string of the molecule is CC(CCCC(=O)N(CC(=O)N(C)C)C[C@H](O)[C@@H](O)[C@H](O)[C@H](O)CO)c1ccc(Cl)c(CCC2(c3cnccc3-c3ccccc3OC3CC3)CC2)c1. The Labute approximate surface area is 317 Å². The Kier molecular flexibility index (Phi) is 13.9. The fourth-order valence-corrected chi connectivity index (χ4v) is 7.03. The van der Waals surface area contributed by atoms with Crippen molar-refractivity contribution in [2.24, 2.45) is 0 Å². The molecule has 0 saturated heterocycles. The highest BCUT2D eigenvalue weighted by molar-refractivity contribution is 6.31. The Morgan fingerprint density at radius 3 is 2.38 bits per heavy atom. The summed E-state index contributed by atoms with van der Waals surface area (Å²) < 4.78 is 6.28. The molecule has 11 nitrogen and oxygen atoms in total. The van der Waals surface area contributed by atoms with Gasteiger partial charge in [0.1, 0.15) is 30.2 Å². The Morgan fingerprint density at radius 1 is 0.981 bits per heavy atom. The zero-order valence-corrected chi connectivity index (χ0v) is 31.7. The van der Waals surface area contributed by atoms with Crippen LogP contribution in [0.3, 0.4) is 0 Å². The predicted molar refractivity (Wildman–Crippen MR) is 203 cm³/mol. The van der Waals surface area contributed by atoms with E-state index in [4.69, 9.17) is 21.4 Å². The van der Waals surface area contributed by atoms with Gasteiger partial charge < -0.3 is 40.1 Å². The summed E-state index contributed by atoms with van der Waals surface area (Å²) in [5.41, 5.74) is 5.74. The third-order valence-corrected chi connectivity index (χ3v) is 11.1. The second kappa shape index (κ2) is 18.2. The van der Waals surface area contributed by atoms with Gasteiger partial charge in [-0.3, -0.25) is 14.6 Å². The van der Waals surface area contributed by atoms with Crippen molar-refractivity contribution >= 4 is 23.4 Å². The van der Waals surface area contributed by atoms with E-state index in [9.17, 15) is 30.0 Å². The number of likely N-dealkylation sites (N-methyl/N-ethyl adjacent to an activating group) is 1. The molecule has 1 heterocycles. The van der Waals surface area contributed by atoms with Crippen molar-refractivity contribution in [3.63, 3.8) is 0 Å². The monoisotopic (exact) mass is 751 g/mol. The van der Waals surface area contributed by atoms with Gasteiger partial charge in [-0.25, -0.2) is 0 Å². The number of aliphatic hydroxyl groups is 5. The van der Waals surface area contributed by atoms with Crippen molar-refractivity contribution in [2.75, 3.05) is 33.8 Å². The van der Waals surface area contributed by atoms with Gasteiger partial charge in [-0.05, 0) is 103 Å². The van der Waals surface area contributed by atoms with Crippen molar-refractivity contribution in [3.05, 3.63) is 82.6 Å². The van der Waals surface area contributed by atoms with Gasteiger partial charge in [-0.1, -0.05) is 48.9 Å². The maximum absolute atomic E-state index is 13.3. The van der Waals surface area contributed by atoms with Crippen molar-refractivity contribution in [2.45, 2.75) is 107 Å². The molecule has 0 bridgehead atoms. The standard InChI is InChI=1S/C41H54ClN3O8/c1-26(7-6-10-37(49)45(24-38(50)44(2)3)23-34(47)39(51)40(52)35(48)25-46)27-11-14-33(42)28(21-27)15-17-41(18-19-41)32-22-43-20-16-30(32)31-8-4-5-9-36(31)53-29-12-13-29/h4-5,8-9,11,14,16,20-22,26,29,34-35,39-40,46-48,51-52H,6-7,10,12-13,15,17-19,23-25H2,1-3H3/t26?,34-,35+,39+,40+/m0/s1. The first kappa shape index (κ1) is 40.6. The summed E-state index contributed by atoms with van der Waals surface area (Å²) in [4.78, 5) is 32.8. The number of aliphatic hydroxyl groups excluding tert-OH is 5. The summed E-state index contributed by atoms with van der Waals surface area (Å²) in [6.45, 7) is 0.518. The number of rotatable bonds is 20. The number of ether oxygens (including phenoxy) is 1. The molecule has 5 N–H and O–H groups in total. The molecular weight excluding hydrogens is 698 g/mol. The van der Waals surface area contributed by atoms with E-state index in [1.54, 1.807) is 14.1 Å². The van der Waals surface area contributed by atoms with E-state index in [0.29, 0.717) is 18.9 Å². The van der Waals surface area contributed by atoms with Gasteiger partial charge in [0.2, 0.25) is 11.8 Å². The number of aryl methyl sites for hydroxylation is 1. The van der Waals surface area contributed by atoms with Crippen LogP contribution in [0.4, 0.5) is 0 Å². The molecule has 2 amide bonds. The quantitative estimate of drug-likeness (QED) is 0.114. The van der Waals surface area contributed by atoms with E-state index in [1.165, 1.54) is 16.0 Å². The third kappa shape index (κ3) is 10.6. The second-order valence-electron chi connectivity index (χ2n) is 15.0. The van der Waals surface area contributed by atoms with Crippen LogP contribution in [-0.4, -0.2) is 116 Å². The smallest absolute Gasteiger partial charge is 0.241 e. The molecule has 5 atom stereocenters. The number of carbonyl (C=O) groups excluding carboxylic acids is 2. The van der Waals surface area contributed by atoms with Crippen LogP contribution in [0.1, 0.15) is 80.9 Å². The van der Waals surface area contributed by atoms with E-state index >= 15 is 0 Å². The van der Waals surface area contributed by atoms with Crippen LogP contribution in [0.15, 0.2) is 60.9 Å². The normalized spacial score (nSPS) is 17.7. The molecular formula is C41H54ClN3O8. The van der Waals surface area contributed by atoms with E-state index in [-0.39, 0.29) is 36.1 Å². The first-order chi connectivity index (χ1) is 25.3. The summed E-state index contributed by atoms with van der Waals surface area (Å²) in [5, 5.41) is 50.4. The molecule has 2 aromatic carbocycles. The molecule has 0 radical (unpaired) electrons. The molecule has 1 unspecified atom stereocenters. The lowest BCUT2D eigenvalue weighted by atomic mass is 9.84. The molecule has 3 aromatic rings. The largest absolute Gasteiger partial charge is 0.490 e. The summed E-state index contributed by atoms with van der Waals surface area (Å²) in [5.74, 6) is 0.267. The first-order valence-corrected chi connectivity index (χ1v) is 19.0. The van der Waals surface area contributed by atoms with Crippen LogP contribution in [-0.2, 0) is 21.4 Å². The number of halogens is 1. The zero-order valence-electron chi connectivity index (χ0n) is 30.9. The van der Waals surface area contributed by atoms with Gasteiger partial charge in [0.05, 0.1) is 19.3 Å². The van der Waals surface area contributed by atoms with Crippen LogP contribution in [0.2, 0.25) is 5.02 Å². The number of hydrogen-bond acceptors (Lipinski definition) is 9. The lowest BCUT2D eigenvalue weighted by molar-refractivity contribution is -0.145.